The smallest absolute Gasteiger partial charge is 0.318 e. The highest BCUT2D eigenvalue weighted by atomic mass is 16.4. The van der Waals surface area contributed by atoms with E-state index in [1.165, 1.54) is 7.05 Å². The number of aryl methyl sites for hydroxylation is 1. The predicted molar refractivity (Wildman–Crippen MR) is 60.6 cm³/mol. The largest absolute Gasteiger partial charge is 0.481 e. The third-order valence-corrected chi connectivity index (χ3v) is 2.12. The van der Waals surface area contributed by atoms with Crippen LogP contribution in [0.1, 0.15) is 11.1 Å². The molecule has 0 saturated carbocycles. The summed E-state index contributed by atoms with van der Waals surface area (Å²) in [6, 6.07) is 4.84. The van der Waals surface area contributed by atoms with Gasteiger partial charge in [0, 0.05) is 12.7 Å². The van der Waals surface area contributed by atoms with E-state index in [1.54, 1.807) is 18.2 Å². The summed E-state index contributed by atoms with van der Waals surface area (Å²) < 4.78 is 0. The minimum atomic E-state index is -0.869. The minimum absolute atomic E-state index is 0.0128. The average molecular weight is 222 g/mol. The van der Waals surface area contributed by atoms with Crippen molar-refractivity contribution < 1.29 is 14.7 Å². The number of hydrogen-bond donors (Lipinski definition) is 3. The molecule has 0 radical (unpaired) electrons. The summed E-state index contributed by atoms with van der Waals surface area (Å²) in [6.45, 7) is 1.82. The van der Waals surface area contributed by atoms with Crippen LogP contribution in [0.5, 0.6) is 0 Å². The zero-order valence-electron chi connectivity index (χ0n) is 9.20. The maximum atomic E-state index is 11.1. The molecule has 0 atom stereocenters. The topological polar surface area (TPSA) is 78.4 Å². The van der Waals surface area contributed by atoms with E-state index in [2.05, 4.69) is 10.6 Å². The highest BCUT2D eigenvalue weighted by Crippen LogP contribution is 2.16. The van der Waals surface area contributed by atoms with Crippen LogP contribution in [0.3, 0.4) is 0 Å². The van der Waals surface area contributed by atoms with E-state index in [4.69, 9.17) is 5.11 Å². The summed E-state index contributed by atoms with van der Waals surface area (Å²) >= 11 is 0. The van der Waals surface area contributed by atoms with Gasteiger partial charge < -0.3 is 15.7 Å². The zero-order chi connectivity index (χ0) is 12.1. The molecule has 0 spiro atoms. The fourth-order valence-corrected chi connectivity index (χ4v) is 1.34. The molecule has 1 aromatic rings. The fourth-order valence-electron chi connectivity index (χ4n) is 1.34. The number of amides is 2. The van der Waals surface area contributed by atoms with Gasteiger partial charge in [-0.2, -0.15) is 0 Å². The van der Waals surface area contributed by atoms with Crippen molar-refractivity contribution in [1.82, 2.24) is 5.32 Å². The lowest BCUT2D eigenvalue weighted by Crippen LogP contribution is -2.24. The molecule has 0 unspecified atom stereocenters. The Hall–Kier alpha value is -2.04. The second-order valence-electron chi connectivity index (χ2n) is 3.42. The van der Waals surface area contributed by atoms with E-state index in [1.807, 2.05) is 6.92 Å². The lowest BCUT2D eigenvalue weighted by molar-refractivity contribution is -0.136. The van der Waals surface area contributed by atoms with Crippen LogP contribution >= 0.6 is 0 Å². The maximum Gasteiger partial charge on any atom is 0.318 e. The Bertz CT molecular complexity index is 416. The number of aliphatic carboxylic acids is 1. The van der Waals surface area contributed by atoms with E-state index < -0.39 is 5.97 Å². The summed E-state index contributed by atoms with van der Waals surface area (Å²) in [5.41, 5.74) is 2.23. The van der Waals surface area contributed by atoms with Crippen LogP contribution in [0.15, 0.2) is 18.2 Å². The van der Waals surface area contributed by atoms with E-state index in [9.17, 15) is 9.59 Å². The van der Waals surface area contributed by atoms with Crippen LogP contribution in [-0.4, -0.2) is 24.2 Å². The number of benzene rings is 1. The molecule has 0 aliphatic heterocycles. The second kappa shape index (κ2) is 5.16. The van der Waals surface area contributed by atoms with Crippen LogP contribution in [0.4, 0.5) is 10.5 Å². The van der Waals surface area contributed by atoms with Gasteiger partial charge in [0.05, 0.1) is 6.42 Å². The van der Waals surface area contributed by atoms with Crippen LogP contribution < -0.4 is 10.6 Å². The quantitative estimate of drug-likeness (QED) is 0.722. The number of carboxylic acids is 1. The van der Waals surface area contributed by atoms with Gasteiger partial charge in [-0.3, -0.25) is 4.79 Å². The molecule has 5 heteroatoms. The van der Waals surface area contributed by atoms with Crippen molar-refractivity contribution in [3.8, 4) is 0 Å². The maximum absolute atomic E-state index is 11.1. The molecule has 3 N–H and O–H groups in total. The Labute approximate surface area is 93.5 Å². The number of carboxylic acid groups (broad SMARTS) is 1. The van der Waals surface area contributed by atoms with Crippen molar-refractivity contribution in [3.63, 3.8) is 0 Å². The molecule has 0 aliphatic carbocycles. The third-order valence-electron chi connectivity index (χ3n) is 2.12. The van der Waals surface area contributed by atoms with E-state index in [0.29, 0.717) is 11.3 Å². The van der Waals surface area contributed by atoms with Gasteiger partial charge in [-0.1, -0.05) is 12.1 Å². The number of nitrogens with one attached hydrogen (secondary N) is 2. The molecule has 0 bridgehead atoms. The first kappa shape index (κ1) is 12.0. The van der Waals surface area contributed by atoms with Crippen molar-refractivity contribution in [2.24, 2.45) is 0 Å². The number of carbonyl (C=O) groups is 2. The van der Waals surface area contributed by atoms with E-state index in [-0.39, 0.29) is 12.5 Å². The van der Waals surface area contributed by atoms with Gasteiger partial charge in [-0.15, -0.1) is 0 Å². The molecule has 0 aliphatic rings. The molecule has 0 heterocycles. The van der Waals surface area contributed by atoms with Crippen LogP contribution in [0.25, 0.3) is 0 Å². The molecule has 0 fully saturated rings. The molecule has 1 rings (SSSR count). The van der Waals surface area contributed by atoms with Gasteiger partial charge >= 0.3 is 12.0 Å². The molecular weight excluding hydrogens is 208 g/mol. The Kier molecular flexibility index (Phi) is 3.88. The first-order valence-electron chi connectivity index (χ1n) is 4.83. The SMILES string of the molecule is CNC(=O)Nc1ccc(CC(=O)O)cc1C. The van der Waals surface area contributed by atoms with Crippen molar-refractivity contribution in [2.45, 2.75) is 13.3 Å². The first-order valence-corrected chi connectivity index (χ1v) is 4.83. The lowest BCUT2D eigenvalue weighted by Gasteiger charge is -2.08. The van der Waals surface area contributed by atoms with Gasteiger partial charge in [0.25, 0.3) is 0 Å². The summed E-state index contributed by atoms with van der Waals surface area (Å²) in [4.78, 5) is 21.6. The second-order valence-corrected chi connectivity index (χ2v) is 3.42. The molecular formula is C11H14N2O3. The van der Waals surface area contributed by atoms with Gasteiger partial charge in [0.15, 0.2) is 0 Å². The zero-order valence-corrected chi connectivity index (χ0v) is 9.20. The van der Waals surface area contributed by atoms with Crippen LogP contribution in [0.2, 0.25) is 0 Å². The Balaban J connectivity index is 2.83. The summed E-state index contributed by atoms with van der Waals surface area (Å²) in [7, 11) is 1.53. The number of hydrogen-bond acceptors (Lipinski definition) is 2. The van der Waals surface area contributed by atoms with E-state index >= 15 is 0 Å². The Morgan fingerprint density at radius 2 is 2.06 bits per heavy atom. The number of carbonyl (C=O) groups excluding carboxylic acids is 1. The molecule has 5 nitrogen and oxygen atoms in total. The summed E-state index contributed by atoms with van der Waals surface area (Å²) in [5, 5.41) is 13.7. The van der Waals surface area contributed by atoms with E-state index in [0.717, 1.165) is 5.56 Å². The van der Waals surface area contributed by atoms with Gasteiger partial charge in [-0.05, 0) is 24.1 Å². The Morgan fingerprint density at radius 3 is 2.56 bits per heavy atom. The van der Waals surface area contributed by atoms with Crippen molar-refractivity contribution in [2.75, 3.05) is 12.4 Å². The highest BCUT2D eigenvalue weighted by Gasteiger charge is 2.05. The highest BCUT2D eigenvalue weighted by molar-refractivity contribution is 5.89. The Morgan fingerprint density at radius 1 is 1.38 bits per heavy atom. The van der Waals surface area contributed by atoms with Crippen molar-refractivity contribution >= 4 is 17.7 Å². The van der Waals surface area contributed by atoms with Crippen LogP contribution in [0, 0.1) is 6.92 Å². The molecule has 16 heavy (non-hydrogen) atoms. The summed E-state index contributed by atoms with van der Waals surface area (Å²) in [6.07, 6.45) is -0.0128. The number of rotatable bonds is 3. The van der Waals surface area contributed by atoms with Crippen molar-refractivity contribution in [3.05, 3.63) is 29.3 Å². The van der Waals surface area contributed by atoms with Gasteiger partial charge in [0.2, 0.25) is 0 Å². The minimum Gasteiger partial charge on any atom is -0.481 e. The normalized spacial score (nSPS) is 9.62. The van der Waals surface area contributed by atoms with Crippen molar-refractivity contribution in [1.29, 1.82) is 0 Å². The molecule has 0 saturated heterocycles. The number of urea groups is 1. The first-order chi connectivity index (χ1) is 7.52. The van der Waals surface area contributed by atoms with Gasteiger partial charge in [0.1, 0.15) is 0 Å². The summed E-state index contributed by atoms with van der Waals surface area (Å²) in [5.74, 6) is -0.869. The predicted octanol–water partition coefficient (Wildman–Crippen LogP) is 1.37. The lowest BCUT2D eigenvalue weighted by atomic mass is 10.1. The number of anilines is 1. The molecule has 1 aromatic carbocycles. The standard InChI is InChI=1S/C11H14N2O3/c1-7-5-8(6-10(14)15)3-4-9(7)13-11(16)12-2/h3-5H,6H2,1-2H3,(H,14,15)(H2,12,13,16). The fraction of sp³-hybridized carbons (Fsp3) is 0.273. The monoisotopic (exact) mass is 222 g/mol. The van der Waals surface area contributed by atoms with Crippen LogP contribution in [-0.2, 0) is 11.2 Å². The average Bonchev–Trinajstić information content (AvgIpc) is 2.21. The molecule has 0 aromatic heterocycles. The third kappa shape index (κ3) is 3.27. The molecule has 2 amide bonds. The van der Waals surface area contributed by atoms with Gasteiger partial charge in [-0.25, -0.2) is 4.79 Å². The molecule has 86 valence electrons.